The lowest BCUT2D eigenvalue weighted by Crippen LogP contribution is -2.34. The minimum atomic E-state index is -3.95. The van der Waals surface area contributed by atoms with Gasteiger partial charge in [0.15, 0.2) is 5.52 Å². The standard InChI is InChI=1S/C23H33N5O6S/c1-4-8-18-20-21(27(3)26-18)23(31)25-22(24-20)17-15-16(9-10-19(17)34-5-2)35(32,33)28(11-6-13-29)12-7-14-30/h9-10,15,29-30H,4-8,11-14H2,1-3H3,(H,24,25,31). The molecule has 12 heteroatoms. The lowest BCUT2D eigenvalue weighted by atomic mass is 10.1. The van der Waals surface area contributed by atoms with Gasteiger partial charge >= 0.3 is 0 Å². The van der Waals surface area contributed by atoms with E-state index in [0.717, 1.165) is 6.42 Å². The van der Waals surface area contributed by atoms with Gasteiger partial charge in [0.25, 0.3) is 5.56 Å². The van der Waals surface area contributed by atoms with Crippen LogP contribution < -0.4 is 10.3 Å². The maximum absolute atomic E-state index is 13.4. The van der Waals surface area contributed by atoms with Crippen LogP contribution in [0.15, 0.2) is 27.9 Å². The molecule has 11 nitrogen and oxygen atoms in total. The van der Waals surface area contributed by atoms with Crippen molar-refractivity contribution in [1.82, 2.24) is 24.1 Å². The van der Waals surface area contributed by atoms with Gasteiger partial charge in [-0.25, -0.2) is 13.4 Å². The fourth-order valence-electron chi connectivity index (χ4n) is 3.91. The van der Waals surface area contributed by atoms with E-state index < -0.39 is 10.0 Å². The lowest BCUT2D eigenvalue weighted by Gasteiger charge is -2.22. The molecule has 3 rings (SSSR count). The first-order chi connectivity index (χ1) is 16.8. The summed E-state index contributed by atoms with van der Waals surface area (Å²) in [6.45, 7) is 4.05. The third-order valence-corrected chi connectivity index (χ3v) is 7.42. The average Bonchev–Trinajstić information content (AvgIpc) is 3.15. The van der Waals surface area contributed by atoms with Crippen molar-refractivity contribution in [3.05, 3.63) is 34.2 Å². The maximum Gasteiger partial charge on any atom is 0.277 e. The highest BCUT2D eigenvalue weighted by atomic mass is 32.2. The van der Waals surface area contributed by atoms with E-state index >= 15 is 0 Å². The van der Waals surface area contributed by atoms with Crippen molar-refractivity contribution >= 4 is 21.1 Å². The van der Waals surface area contributed by atoms with E-state index in [1.54, 1.807) is 20.0 Å². The van der Waals surface area contributed by atoms with Crippen molar-refractivity contribution in [2.45, 2.75) is 44.4 Å². The van der Waals surface area contributed by atoms with Crippen molar-refractivity contribution in [1.29, 1.82) is 0 Å². The van der Waals surface area contributed by atoms with Crippen LogP contribution in [0.25, 0.3) is 22.4 Å². The van der Waals surface area contributed by atoms with Crippen molar-refractivity contribution in [3.63, 3.8) is 0 Å². The Morgan fingerprint density at radius 3 is 2.43 bits per heavy atom. The molecular formula is C23H33N5O6S. The van der Waals surface area contributed by atoms with E-state index in [4.69, 9.17) is 4.74 Å². The van der Waals surface area contributed by atoms with Crippen LogP contribution in [0.1, 0.15) is 38.8 Å². The zero-order valence-corrected chi connectivity index (χ0v) is 21.1. The van der Waals surface area contributed by atoms with Crippen LogP contribution in [0, 0.1) is 0 Å². The zero-order chi connectivity index (χ0) is 25.6. The molecule has 0 atom stereocenters. The van der Waals surface area contributed by atoms with Crippen molar-refractivity contribution in [2.24, 2.45) is 7.05 Å². The van der Waals surface area contributed by atoms with E-state index in [-0.39, 0.29) is 55.4 Å². The third-order valence-electron chi connectivity index (χ3n) is 5.52. The summed E-state index contributed by atoms with van der Waals surface area (Å²) in [7, 11) is -2.27. The second-order valence-corrected chi connectivity index (χ2v) is 10.0. The highest BCUT2D eigenvalue weighted by molar-refractivity contribution is 7.89. The Morgan fingerprint density at radius 2 is 1.83 bits per heavy atom. The number of nitrogens with one attached hydrogen (secondary N) is 1. The van der Waals surface area contributed by atoms with Crippen LogP contribution in [0.3, 0.4) is 0 Å². The summed E-state index contributed by atoms with van der Waals surface area (Å²) >= 11 is 0. The molecule has 0 bridgehead atoms. The average molecular weight is 508 g/mol. The Hall–Kier alpha value is -2.80. The molecule has 2 heterocycles. The molecule has 0 aliphatic carbocycles. The summed E-state index contributed by atoms with van der Waals surface area (Å²) in [4.78, 5) is 20.3. The minimum Gasteiger partial charge on any atom is -0.493 e. The van der Waals surface area contributed by atoms with Gasteiger partial charge in [-0.3, -0.25) is 9.48 Å². The quantitative estimate of drug-likeness (QED) is 0.314. The van der Waals surface area contributed by atoms with Gasteiger partial charge in [-0.15, -0.1) is 0 Å². The molecule has 3 N–H and O–H groups in total. The molecule has 0 amide bonds. The first-order valence-corrected chi connectivity index (χ1v) is 13.2. The second-order valence-electron chi connectivity index (χ2n) is 8.08. The number of fused-ring (bicyclic) bond motifs is 1. The fourth-order valence-corrected chi connectivity index (χ4v) is 5.45. The molecule has 0 spiro atoms. The van der Waals surface area contributed by atoms with E-state index in [2.05, 4.69) is 15.1 Å². The number of ether oxygens (including phenoxy) is 1. The van der Waals surface area contributed by atoms with Gasteiger partial charge in [-0.05, 0) is 44.4 Å². The Morgan fingerprint density at radius 1 is 1.14 bits per heavy atom. The van der Waals surface area contributed by atoms with Crippen molar-refractivity contribution < 1.29 is 23.4 Å². The summed E-state index contributed by atoms with van der Waals surface area (Å²) in [6.07, 6.45) is 2.00. The number of aromatic nitrogens is 4. The Kier molecular flexibility index (Phi) is 9.00. The molecular weight excluding hydrogens is 474 g/mol. The van der Waals surface area contributed by atoms with Gasteiger partial charge < -0.3 is 19.9 Å². The molecule has 0 radical (unpaired) electrons. The number of aromatic amines is 1. The normalized spacial score (nSPS) is 12.1. The molecule has 0 unspecified atom stereocenters. The summed E-state index contributed by atoms with van der Waals surface area (Å²) in [5.74, 6) is 0.567. The largest absolute Gasteiger partial charge is 0.493 e. The number of aliphatic hydroxyl groups excluding tert-OH is 2. The highest BCUT2D eigenvalue weighted by Gasteiger charge is 2.26. The number of aliphatic hydroxyl groups is 2. The number of rotatable bonds is 13. The van der Waals surface area contributed by atoms with Crippen LogP contribution in [-0.2, 0) is 23.5 Å². The monoisotopic (exact) mass is 507 g/mol. The summed E-state index contributed by atoms with van der Waals surface area (Å²) in [5, 5.41) is 22.8. The van der Waals surface area contributed by atoms with Crippen molar-refractivity contribution in [2.75, 3.05) is 32.9 Å². The number of hydrogen-bond donors (Lipinski definition) is 3. The van der Waals surface area contributed by atoms with Gasteiger partial charge in [0.2, 0.25) is 10.0 Å². The molecule has 0 saturated carbocycles. The SMILES string of the molecule is CCCc1nn(C)c2c(=O)[nH]c(-c3cc(S(=O)(=O)N(CCCO)CCCO)ccc3OCC)nc12. The molecule has 0 aliphatic rings. The van der Waals surface area contributed by atoms with Crippen molar-refractivity contribution in [3.8, 4) is 17.1 Å². The van der Waals surface area contributed by atoms with E-state index in [1.165, 1.54) is 21.1 Å². The first-order valence-electron chi connectivity index (χ1n) is 11.7. The molecule has 0 fully saturated rings. The van der Waals surface area contributed by atoms with Gasteiger partial charge in [0, 0.05) is 33.4 Å². The van der Waals surface area contributed by atoms with E-state index in [0.29, 0.717) is 41.1 Å². The third kappa shape index (κ3) is 5.72. The number of sulfonamides is 1. The molecule has 0 saturated heterocycles. The smallest absolute Gasteiger partial charge is 0.277 e. The number of hydrogen-bond acceptors (Lipinski definition) is 8. The van der Waals surface area contributed by atoms with E-state index in [1.807, 2.05) is 6.92 Å². The predicted octanol–water partition coefficient (Wildman–Crippen LogP) is 1.43. The lowest BCUT2D eigenvalue weighted by molar-refractivity contribution is 0.250. The van der Waals surface area contributed by atoms with Crippen LogP contribution in [-0.4, -0.2) is 75.6 Å². The zero-order valence-electron chi connectivity index (χ0n) is 20.3. The number of H-pyrrole nitrogens is 1. The van der Waals surface area contributed by atoms with Crippen LogP contribution in [0.5, 0.6) is 5.75 Å². The first kappa shape index (κ1) is 26.8. The molecule has 2 aromatic heterocycles. The summed E-state index contributed by atoms with van der Waals surface area (Å²) in [6, 6.07) is 4.42. The number of benzene rings is 1. The highest BCUT2D eigenvalue weighted by Crippen LogP contribution is 2.32. The molecule has 0 aliphatic heterocycles. The number of aryl methyl sites for hydroxylation is 2. The van der Waals surface area contributed by atoms with Gasteiger partial charge in [-0.1, -0.05) is 13.3 Å². The Balaban J connectivity index is 2.17. The topological polar surface area (TPSA) is 151 Å². The molecule has 192 valence electrons. The number of nitrogens with zero attached hydrogens (tertiary/aromatic N) is 4. The van der Waals surface area contributed by atoms with E-state index in [9.17, 15) is 23.4 Å². The fraction of sp³-hybridized carbons (Fsp3) is 0.522. The van der Waals surface area contributed by atoms with Crippen LogP contribution in [0.2, 0.25) is 0 Å². The molecule has 1 aromatic carbocycles. The maximum atomic E-state index is 13.4. The van der Waals surface area contributed by atoms with Crippen LogP contribution in [0.4, 0.5) is 0 Å². The van der Waals surface area contributed by atoms with Gasteiger partial charge in [0.1, 0.15) is 17.1 Å². The molecule has 35 heavy (non-hydrogen) atoms. The minimum absolute atomic E-state index is 0.00505. The Labute approximate surface area is 204 Å². The second kappa shape index (κ2) is 11.8. The predicted molar refractivity (Wildman–Crippen MR) is 132 cm³/mol. The van der Waals surface area contributed by atoms with Crippen LogP contribution >= 0.6 is 0 Å². The Bertz CT molecular complexity index is 1310. The molecule has 3 aromatic rings. The summed E-state index contributed by atoms with van der Waals surface area (Å²) in [5.41, 5.74) is 1.46. The summed E-state index contributed by atoms with van der Waals surface area (Å²) < 4.78 is 35.3. The van der Waals surface area contributed by atoms with Gasteiger partial charge in [-0.2, -0.15) is 9.40 Å². The van der Waals surface area contributed by atoms with Gasteiger partial charge in [0.05, 0.1) is 22.8 Å².